The molecule has 3 aromatic rings. The number of halogens is 2. The third kappa shape index (κ3) is 12.9. The molecule has 48 heavy (non-hydrogen) atoms. The monoisotopic (exact) mass is 695 g/mol. The van der Waals surface area contributed by atoms with Gasteiger partial charge in [0, 0.05) is 32.7 Å². The number of aryl methyl sites for hydroxylation is 1. The molecule has 3 rings (SSSR count). The van der Waals surface area contributed by atoms with Crippen molar-refractivity contribution in [2.45, 2.75) is 45.2 Å². The number of anilines is 1. The summed E-state index contributed by atoms with van der Waals surface area (Å²) >= 11 is 5.66. The smallest absolute Gasteiger partial charge is 0.332 e. The SMILES string of the molecule is C=CC(=O)Nc1nc2c(=O)n(CCCOCCOCCOCCOCCOCCCCCCCl)c(=O)n(C)c2n1Cc1ccc(F)cc1. The van der Waals surface area contributed by atoms with Crippen LogP contribution in [0.3, 0.4) is 0 Å². The van der Waals surface area contributed by atoms with Crippen molar-refractivity contribution in [2.75, 3.05) is 77.3 Å². The Hall–Kier alpha value is -3.40. The van der Waals surface area contributed by atoms with Crippen molar-refractivity contribution in [3.8, 4) is 0 Å². The summed E-state index contributed by atoms with van der Waals surface area (Å²) in [6.45, 7) is 8.41. The minimum atomic E-state index is -0.591. The number of ether oxygens (including phenoxy) is 5. The molecule has 0 radical (unpaired) electrons. The van der Waals surface area contributed by atoms with Gasteiger partial charge in [0.25, 0.3) is 5.56 Å². The van der Waals surface area contributed by atoms with E-state index in [1.54, 1.807) is 12.1 Å². The lowest BCUT2D eigenvalue weighted by Gasteiger charge is -2.13. The van der Waals surface area contributed by atoms with Gasteiger partial charge in [0.15, 0.2) is 11.2 Å². The zero-order valence-electron chi connectivity index (χ0n) is 27.6. The van der Waals surface area contributed by atoms with Crippen LogP contribution in [0, 0.1) is 5.82 Å². The van der Waals surface area contributed by atoms with E-state index in [0.717, 1.165) is 48.8 Å². The summed E-state index contributed by atoms with van der Waals surface area (Å²) in [7, 11) is 1.52. The van der Waals surface area contributed by atoms with Gasteiger partial charge in [-0.25, -0.2) is 14.2 Å². The van der Waals surface area contributed by atoms with Crippen LogP contribution in [0.5, 0.6) is 0 Å². The van der Waals surface area contributed by atoms with Crippen LogP contribution in [-0.2, 0) is 48.6 Å². The van der Waals surface area contributed by atoms with E-state index in [1.165, 1.54) is 28.3 Å². The summed E-state index contributed by atoms with van der Waals surface area (Å²) in [6.07, 6.45) is 5.85. The van der Waals surface area contributed by atoms with Gasteiger partial charge in [-0.15, -0.1) is 11.6 Å². The van der Waals surface area contributed by atoms with E-state index in [-0.39, 0.29) is 30.2 Å². The maximum Gasteiger partial charge on any atom is 0.332 e. The molecule has 2 heterocycles. The van der Waals surface area contributed by atoms with Gasteiger partial charge in [0.2, 0.25) is 11.9 Å². The molecule has 0 saturated heterocycles. The number of aromatic nitrogens is 4. The van der Waals surface area contributed by atoms with Gasteiger partial charge in [-0.3, -0.25) is 28.6 Å². The zero-order valence-corrected chi connectivity index (χ0v) is 28.4. The number of rotatable bonds is 26. The molecule has 15 heteroatoms. The third-order valence-electron chi connectivity index (χ3n) is 7.23. The first-order valence-corrected chi connectivity index (χ1v) is 16.7. The zero-order chi connectivity index (χ0) is 34.6. The average Bonchev–Trinajstić information content (AvgIpc) is 3.44. The van der Waals surface area contributed by atoms with Crippen molar-refractivity contribution in [3.05, 3.63) is 69.1 Å². The predicted molar refractivity (Wildman–Crippen MR) is 181 cm³/mol. The molecule has 0 aliphatic carbocycles. The lowest BCUT2D eigenvalue weighted by molar-refractivity contribution is -0.111. The van der Waals surface area contributed by atoms with Crippen LogP contribution in [-0.4, -0.2) is 96.5 Å². The van der Waals surface area contributed by atoms with Crippen LogP contribution in [0.1, 0.15) is 37.7 Å². The molecule has 0 bridgehead atoms. The van der Waals surface area contributed by atoms with Gasteiger partial charge in [-0.05, 0) is 43.0 Å². The summed E-state index contributed by atoms with van der Waals surface area (Å²) in [5.41, 5.74) is -0.221. The van der Waals surface area contributed by atoms with Gasteiger partial charge < -0.3 is 23.7 Å². The molecule has 0 fully saturated rings. The Bertz CT molecular complexity index is 1530. The number of fused-ring (bicyclic) bond motifs is 1. The Labute approximate surface area is 284 Å². The highest BCUT2D eigenvalue weighted by atomic mass is 35.5. The Kier molecular flexibility index (Phi) is 18.1. The number of alkyl halides is 1. The third-order valence-corrected chi connectivity index (χ3v) is 7.50. The number of unbranched alkanes of at least 4 members (excludes halogenated alkanes) is 3. The Morgan fingerprint density at radius 3 is 1.94 bits per heavy atom. The second-order valence-electron chi connectivity index (χ2n) is 10.8. The van der Waals surface area contributed by atoms with Gasteiger partial charge >= 0.3 is 5.69 Å². The van der Waals surface area contributed by atoms with Crippen LogP contribution in [0.15, 0.2) is 46.5 Å². The van der Waals surface area contributed by atoms with Crippen molar-refractivity contribution in [1.29, 1.82) is 0 Å². The molecule has 1 aromatic carbocycles. The maximum absolute atomic E-state index is 13.5. The minimum Gasteiger partial charge on any atom is -0.379 e. The molecule has 0 aliphatic rings. The largest absolute Gasteiger partial charge is 0.379 e. The Balaban J connectivity index is 1.35. The van der Waals surface area contributed by atoms with Gasteiger partial charge in [0.1, 0.15) is 5.82 Å². The van der Waals surface area contributed by atoms with Crippen molar-refractivity contribution < 1.29 is 32.9 Å². The lowest BCUT2D eigenvalue weighted by atomic mass is 10.2. The molecule has 0 atom stereocenters. The topological polar surface area (TPSA) is 137 Å². The van der Waals surface area contributed by atoms with E-state index in [1.807, 2.05) is 0 Å². The van der Waals surface area contributed by atoms with E-state index >= 15 is 0 Å². The van der Waals surface area contributed by atoms with E-state index < -0.39 is 23.0 Å². The number of nitrogens with zero attached hydrogens (tertiary/aromatic N) is 4. The fourth-order valence-electron chi connectivity index (χ4n) is 4.75. The van der Waals surface area contributed by atoms with Crippen molar-refractivity contribution in [3.63, 3.8) is 0 Å². The van der Waals surface area contributed by atoms with Crippen LogP contribution in [0.4, 0.5) is 10.3 Å². The summed E-state index contributed by atoms with van der Waals surface area (Å²) in [4.78, 5) is 43.0. The number of carbonyl (C=O) groups excluding carboxylic acids is 1. The van der Waals surface area contributed by atoms with E-state index in [9.17, 15) is 18.8 Å². The number of hydrogen-bond acceptors (Lipinski definition) is 9. The quantitative estimate of drug-likeness (QED) is 0.0761. The van der Waals surface area contributed by atoms with Crippen molar-refractivity contribution in [1.82, 2.24) is 18.7 Å². The minimum absolute atomic E-state index is 0.0100. The number of carbonyl (C=O) groups is 1. The van der Waals surface area contributed by atoms with Crippen LogP contribution >= 0.6 is 11.6 Å². The summed E-state index contributed by atoms with van der Waals surface area (Å²) in [6, 6.07) is 5.75. The first-order valence-electron chi connectivity index (χ1n) is 16.2. The molecule has 0 aliphatic heterocycles. The van der Waals surface area contributed by atoms with E-state index in [4.69, 9.17) is 35.3 Å². The highest BCUT2D eigenvalue weighted by Crippen LogP contribution is 2.19. The second-order valence-corrected chi connectivity index (χ2v) is 11.2. The Morgan fingerprint density at radius 1 is 0.833 bits per heavy atom. The molecular weight excluding hydrogens is 649 g/mol. The molecule has 0 spiro atoms. The molecular formula is C33H47ClFN5O8. The van der Waals surface area contributed by atoms with E-state index in [2.05, 4.69) is 16.9 Å². The number of benzene rings is 1. The molecule has 1 N–H and O–H groups in total. The highest BCUT2D eigenvalue weighted by molar-refractivity contribution is 6.17. The number of imidazole rings is 1. The summed E-state index contributed by atoms with van der Waals surface area (Å²) in [5, 5.41) is 2.59. The van der Waals surface area contributed by atoms with Gasteiger partial charge in [-0.1, -0.05) is 31.6 Å². The maximum atomic E-state index is 13.5. The molecule has 13 nitrogen and oxygen atoms in total. The first kappa shape index (κ1) is 39.0. The fraction of sp³-hybridized carbons (Fsp3) is 0.576. The summed E-state index contributed by atoms with van der Waals surface area (Å²) < 4.78 is 45.0. The first-order chi connectivity index (χ1) is 23.4. The van der Waals surface area contributed by atoms with Crippen molar-refractivity contribution in [2.24, 2.45) is 7.05 Å². The van der Waals surface area contributed by atoms with Crippen molar-refractivity contribution >= 4 is 34.6 Å². The molecule has 1 amide bonds. The van der Waals surface area contributed by atoms with Crippen LogP contribution < -0.4 is 16.6 Å². The standard InChI is InChI=1S/C33H47ClFN5O8/c1-3-28(41)36-32-37-29-30(40(32)25-26-9-11-27(35)12-10-26)38(2)33(43)39(31(29)42)14-8-16-45-18-20-47-22-24-48-23-21-46-19-17-44-15-7-5-4-6-13-34/h3,9-12H,1,4-8,13-25H2,2H3,(H,36,37,41). The number of nitrogens with one attached hydrogen (secondary N) is 1. The average molecular weight is 696 g/mol. The van der Waals surface area contributed by atoms with Gasteiger partial charge in [-0.2, -0.15) is 0 Å². The molecule has 0 unspecified atom stereocenters. The van der Waals surface area contributed by atoms with Crippen LogP contribution in [0.25, 0.3) is 11.2 Å². The number of hydrogen-bond donors (Lipinski definition) is 1. The molecule has 2 aromatic heterocycles. The highest BCUT2D eigenvalue weighted by Gasteiger charge is 2.21. The molecule has 266 valence electrons. The molecule has 0 saturated carbocycles. The summed E-state index contributed by atoms with van der Waals surface area (Å²) in [5.74, 6) is -0.155. The number of amides is 1. The normalized spacial score (nSPS) is 11.4. The predicted octanol–water partition coefficient (Wildman–Crippen LogP) is 3.48. The van der Waals surface area contributed by atoms with Crippen LogP contribution in [0.2, 0.25) is 0 Å². The van der Waals surface area contributed by atoms with E-state index in [0.29, 0.717) is 71.4 Å². The Morgan fingerprint density at radius 2 is 1.38 bits per heavy atom. The van der Waals surface area contributed by atoms with Gasteiger partial charge in [0.05, 0.1) is 59.4 Å². The second kappa shape index (κ2) is 22.3. The fourth-order valence-corrected chi connectivity index (χ4v) is 4.94. The lowest BCUT2D eigenvalue weighted by Crippen LogP contribution is -2.39.